The third-order valence-electron chi connectivity index (χ3n) is 4.34. The molecule has 0 atom stereocenters. The molecule has 0 fully saturated rings. The number of aromatic nitrogens is 2. The molecule has 0 aliphatic rings. The maximum Gasteiger partial charge on any atom is 0.250 e. The summed E-state index contributed by atoms with van der Waals surface area (Å²) in [6.45, 7) is 12.6. The van der Waals surface area contributed by atoms with Crippen LogP contribution in [0.15, 0.2) is 18.2 Å². The van der Waals surface area contributed by atoms with Crippen LogP contribution in [0.25, 0.3) is 10.9 Å². The van der Waals surface area contributed by atoms with E-state index in [-0.39, 0.29) is 10.9 Å². The lowest BCUT2D eigenvalue weighted by molar-refractivity contribution is 0.0926. The Labute approximate surface area is 141 Å². The lowest BCUT2D eigenvalue weighted by atomic mass is 10.2. The first-order valence-corrected chi connectivity index (χ1v) is 11.4. The smallest absolute Gasteiger partial charge is 0.250 e. The van der Waals surface area contributed by atoms with E-state index in [2.05, 4.69) is 54.9 Å². The summed E-state index contributed by atoms with van der Waals surface area (Å²) in [6, 6.07) is 5.81. The van der Waals surface area contributed by atoms with Crippen LogP contribution in [0.1, 0.15) is 38.2 Å². The summed E-state index contributed by atoms with van der Waals surface area (Å²) in [5.41, 5.74) is 1.64. The van der Waals surface area contributed by atoms with Crippen molar-refractivity contribution in [3.05, 3.63) is 23.9 Å². The number of hydrogen-bond donors (Lipinski definition) is 0. The maximum absolute atomic E-state index is 11.8. The lowest BCUT2D eigenvalue weighted by Gasteiger charge is -2.36. The van der Waals surface area contributed by atoms with Gasteiger partial charge in [-0.1, -0.05) is 42.8 Å². The summed E-state index contributed by atoms with van der Waals surface area (Å²) in [5, 5.41) is 6.04. The van der Waals surface area contributed by atoms with Crippen LogP contribution in [-0.2, 0) is 5.33 Å². The molecule has 0 aliphatic heterocycles. The molecule has 0 aliphatic carbocycles. The van der Waals surface area contributed by atoms with Gasteiger partial charge in [-0.3, -0.25) is 4.79 Å². The molecule has 1 heterocycles. The standard InChI is InChI=1S/C16H23BrN2O2Si/c1-11(20)19-13-8-7-9-14(15(13)12(10-17)18-19)21-22(5,6)16(2,3)4/h7-9H,10H2,1-6H3. The minimum atomic E-state index is -1.95. The van der Waals surface area contributed by atoms with E-state index < -0.39 is 8.32 Å². The summed E-state index contributed by atoms with van der Waals surface area (Å²) in [7, 11) is -1.95. The predicted molar refractivity (Wildman–Crippen MR) is 96.5 cm³/mol. The monoisotopic (exact) mass is 382 g/mol. The van der Waals surface area contributed by atoms with Gasteiger partial charge in [0, 0.05) is 12.3 Å². The van der Waals surface area contributed by atoms with Gasteiger partial charge < -0.3 is 4.43 Å². The number of carbonyl (C=O) groups excluding carboxylic acids is 1. The number of carbonyl (C=O) groups is 1. The van der Waals surface area contributed by atoms with E-state index in [0.29, 0.717) is 5.33 Å². The molecule has 4 nitrogen and oxygen atoms in total. The number of alkyl halides is 1. The molecule has 22 heavy (non-hydrogen) atoms. The largest absolute Gasteiger partial charge is 0.543 e. The van der Waals surface area contributed by atoms with Crippen molar-refractivity contribution in [1.29, 1.82) is 0 Å². The zero-order chi connectivity index (χ0) is 16.7. The first-order chi connectivity index (χ1) is 10.1. The van der Waals surface area contributed by atoms with Crippen LogP contribution in [0.4, 0.5) is 0 Å². The van der Waals surface area contributed by atoms with Crippen LogP contribution in [-0.4, -0.2) is 24.0 Å². The van der Waals surface area contributed by atoms with E-state index in [0.717, 1.165) is 22.3 Å². The van der Waals surface area contributed by atoms with Gasteiger partial charge in [-0.15, -0.1) is 0 Å². The van der Waals surface area contributed by atoms with Gasteiger partial charge in [0.05, 0.1) is 16.6 Å². The van der Waals surface area contributed by atoms with Gasteiger partial charge in [0.1, 0.15) is 5.75 Å². The molecule has 2 rings (SSSR count). The average Bonchev–Trinajstić information content (AvgIpc) is 2.77. The van der Waals surface area contributed by atoms with Crippen LogP contribution >= 0.6 is 15.9 Å². The Hall–Kier alpha value is -1.14. The molecule has 0 unspecified atom stereocenters. The molecule has 6 heteroatoms. The Kier molecular flexibility index (Phi) is 4.55. The molecule has 120 valence electrons. The quantitative estimate of drug-likeness (QED) is 0.555. The van der Waals surface area contributed by atoms with Crippen LogP contribution in [0.5, 0.6) is 5.75 Å². The topological polar surface area (TPSA) is 44.1 Å². The fraction of sp³-hybridized carbons (Fsp3) is 0.500. The number of rotatable bonds is 3. The Morgan fingerprint density at radius 1 is 1.36 bits per heavy atom. The third kappa shape index (κ3) is 2.99. The molecule has 0 amide bonds. The zero-order valence-corrected chi connectivity index (χ0v) is 16.6. The van der Waals surface area contributed by atoms with Gasteiger partial charge in [0.2, 0.25) is 5.91 Å². The molecule has 0 bridgehead atoms. The van der Waals surface area contributed by atoms with Crippen molar-refractivity contribution in [2.45, 2.75) is 51.2 Å². The van der Waals surface area contributed by atoms with Gasteiger partial charge in [0.25, 0.3) is 8.32 Å². The van der Waals surface area contributed by atoms with Gasteiger partial charge in [-0.2, -0.15) is 9.78 Å². The highest BCUT2D eigenvalue weighted by Crippen LogP contribution is 2.40. The van der Waals surface area contributed by atoms with Crippen molar-refractivity contribution in [3.63, 3.8) is 0 Å². The van der Waals surface area contributed by atoms with Crippen LogP contribution < -0.4 is 4.43 Å². The number of halogens is 1. The van der Waals surface area contributed by atoms with E-state index in [1.54, 1.807) is 0 Å². The lowest BCUT2D eigenvalue weighted by Crippen LogP contribution is -2.43. The minimum Gasteiger partial charge on any atom is -0.543 e. The second-order valence-electron chi connectivity index (χ2n) is 7.02. The third-order valence-corrected chi connectivity index (χ3v) is 9.21. The van der Waals surface area contributed by atoms with Gasteiger partial charge >= 0.3 is 0 Å². The van der Waals surface area contributed by atoms with Crippen molar-refractivity contribution in [1.82, 2.24) is 9.78 Å². The molecule has 0 radical (unpaired) electrons. The van der Waals surface area contributed by atoms with E-state index in [4.69, 9.17) is 4.43 Å². The fourth-order valence-corrected chi connectivity index (χ4v) is 3.48. The molecule has 1 aromatic heterocycles. The van der Waals surface area contributed by atoms with E-state index in [1.165, 1.54) is 11.6 Å². The highest BCUT2D eigenvalue weighted by Gasteiger charge is 2.39. The summed E-state index contributed by atoms with van der Waals surface area (Å²) in [5.74, 6) is 0.729. The summed E-state index contributed by atoms with van der Waals surface area (Å²) >= 11 is 3.46. The molecule has 0 saturated heterocycles. The van der Waals surface area contributed by atoms with Crippen LogP contribution in [0.2, 0.25) is 18.1 Å². The Morgan fingerprint density at radius 2 is 2.00 bits per heavy atom. The van der Waals surface area contributed by atoms with E-state index >= 15 is 0 Å². The highest BCUT2D eigenvalue weighted by molar-refractivity contribution is 9.08. The number of nitrogens with zero attached hydrogens (tertiary/aromatic N) is 2. The molecule has 1 aromatic carbocycles. The first kappa shape index (κ1) is 17.2. The molecular weight excluding hydrogens is 360 g/mol. The van der Waals surface area contributed by atoms with Gasteiger partial charge in [0.15, 0.2) is 0 Å². The molecule has 0 spiro atoms. The number of benzene rings is 1. The number of hydrogen-bond acceptors (Lipinski definition) is 3. The van der Waals surface area contributed by atoms with Crippen molar-refractivity contribution >= 4 is 41.1 Å². The SMILES string of the molecule is CC(=O)n1nc(CBr)c2c(O[Si](C)(C)C(C)(C)C)cccc21. The zero-order valence-electron chi connectivity index (χ0n) is 14.0. The van der Waals surface area contributed by atoms with Crippen molar-refractivity contribution in [2.24, 2.45) is 0 Å². The van der Waals surface area contributed by atoms with Crippen LogP contribution in [0.3, 0.4) is 0 Å². The normalized spacial score (nSPS) is 12.7. The van der Waals surface area contributed by atoms with Crippen molar-refractivity contribution in [3.8, 4) is 5.75 Å². The van der Waals surface area contributed by atoms with E-state index in [1.807, 2.05) is 18.2 Å². The second kappa shape index (κ2) is 5.81. The maximum atomic E-state index is 11.8. The van der Waals surface area contributed by atoms with Crippen LogP contribution in [0, 0.1) is 0 Å². The van der Waals surface area contributed by atoms with Crippen molar-refractivity contribution in [2.75, 3.05) is 0 Å². The van der Waals surface area contributed by atoms with E-state index in [9.17, 15) is 4.79 Å². The molecular formula is C16H23BrN2O2Si. The average molecular weight is 383 g/mol. The molecule has 0 saturated carbocycles. The van der Waals surface area contributed by atoms with Gasteiger partial charge in [-0.05, 0) is 30.3 Å². The second-order valence-corrected chi connectivity index (χ2v) is 12.3. The minimum absolute atomic E-state index is 0.0957. The first-order valence-electron chi connectivity index (χ1n) is 7.35. The molecule has 2 aromatic rings. The number of fused-ring (bicyclic) bond motifs is 1. The summed E-state index contributed by atoms with van der Waals surface area (Å²) in [4.78, 5) is 11.8. The Morgan fingerprint density at radius 3 is 2.50 bits per heavy atom. The highest BCUT2D eigenvalue weighted by atomic mass is 79.9. The van der Waals surface area contributed by atoms with Crippen molar-refractivity contribution < 1.29 is 9.22 Å². The fourth-order valence-electron chi connectivity index (χ4n) is 2.06. The Bertz CT molecular complexity index is 717. The summed E-state index contributed by atoms with van der Waals surface area (Å²) < 4.78 is 7.92. The summed E-state index contributed by atoms with van der Waals surface area (Å²) in [6.07, 6.45) is 0. The van der Waals surface area contributed by atoms with Gasteiger partial charge in [-0.25, -0.2) is 0 Å². The predicted octanol–water partition coefficient (Wildman–Crippen LogP) is 4.98. The molecule has 0 N–H and O–H groups in total. The Balaban J connectivity index is 2.63.